The van der Waals surface area contributed by atoms with Crippen molar-refractivity contribution in [3.05, 3.63) is 34.1 Å². The van der Waals surface area contributed by atoms with Gasteiger partial charge in [-0.1, -0.05) is 17.7 Å². The molecule has 0 bridgehead atoms. The topological polar surface area (TPSA) is 57.5 Å². The van der Waals surface area contributed by atoms with Gasteiger partial charge in [-0.05, 0) is 32.9 Å². The normalized spacial score (nSPS) is 10.0. The van der Waals surface area contributed by atoms with Crippen LogP contribution in [0.1, 0.15) is 19.4 Å². The molecule has 0 radical (unpaired) electrons. The predicted molar refractivity (Wildman–Crippen MR) is 69.7 cm³/mol. The first-order valence-corrected chi connectivity index (χ1v) is 6.98. The minimum absolute atomic E-state index is 0. The van der Waals surface area contributed by atoms with Crippen LogP contribution < -0.4 is 29.6 Å². The van der Waals surface area contributed by atoms with E-state index in [2.05, 4.69) is 4.24 Å². The number of rotatable bonds is 4. The standard InChI is InChI=1S/C7H7ClNO2S.C4H10O.Na/c1-6-2-4-7(5-3-6)12(10,11)9-8;1-3-5-4-2;/h2-5H,1H3;3-4H2,1-2H3;/q-1;;+1. The average Bonchev–Trinajstić information content (AvgIpc) is 2.31. The number of aryl methyl sites for hydroxylation is 1. The van der Waals surface area contributed by atoms with Crippen molar-refractivity contribution in [2.45, 2.75) is 25.7 Å². The maximum Gasteiger partial charge on any atom is 1.00 e. The third-order valence-corrected chi connectivity index (χ3v) is 3.41. The van der Waals surface area contributed by atoms with Crippen LogP contribution in [-0.4, -0.2) is 21.6 Å². The Bertz CT molecular complexity index is 407. The van der Waals surface area contributed by atoms with Gasteiger partial charge in [0.2, 0.25) is 0 Å². The van der Waals surface area contributed by atoms with Crippen LogP contribution in [-0.2, 0) is 14.8 Å². The second kappa shape index (κ2) is 11.2. The minimum atomic E-state index is -3.62. The Morgan fingerprint density at radius 1 is 1.17 bits per heavy atom. The second-order valence-electron chi connectivity index (χ2n) is 3.14. The fourth-order valence-corrected chi connectivity index (χ4v) is 1.75. The molecule has 0 heterocycles. The summed E-state index contributed by atoms with van der Waals surface area (Å²) in [5.41, 5.74) is 0.989. The fourth-order valence-electron chi connectivity index (χ4n) is 0.954. The van der Waals surface area contributed by atoms with Crippen LogP contribution in [0.15, 0.2) is 29.2 Å². The summed E-state index contributed by atoms with van der Waals surface area (Å²) in [5, 5.41) is 0. The van der Waals surface area contributed by atoms with Gasteiger partial charge in [0.15, 0.2) is 0 Å². The van der Waals surface area contributed by atoms with Gasteiger partial charge in [-0.2, -0.15) is 0 Å². The molecule has 0 spiro atoms. The Labute approximate surface area is 137 Å². The number of ether oxygens (including phenoxy) is 1. The zero-order valence-electron chi connectivity index (χ0n) is 11.2. The molecule has 0 atom stereocenters. The van der Waals surface area contributed by atoms with E-state index < -0.39 is 10.0 Å². The van der Waals surface area contributed by atoms with Crippen molar-refractivity contribution in [3.63, 3.8) is 0 Å². The number of sulfonamides is 1. The van der Waals surface area contributed by atoms with Crippen LogP contribution in [0.4, 0.5) is 0 Å². The van der Waals surface area contributed by atoms with Crippen LogP contribution in [0.3, 0.4) is 0 Å². The average molecular weight is 302 g/mol. The molecule has 0 aliphatic heterocycles. The Kier molecular flexibility index (Phi) is 12.9. The molecule has 98 valence electrons. The maximum atomic E-state index is 11.0. The van der Waals surface area contributed by atoms with Crippen molar-refractivity contribution >= 4 is 21.8 Å². The van der Waals surface area contributed by atoms with Gasteiger partial charge in [0.1, 0.15) is 10.0 Å². The van der Waals surface area contributed by atoms with E-state index in [1.165, 1.54) is 12.1 Å². The van der Waals surface area contributed by atoms with Crippen molar-refractivity contribution in [3.8, 4) is 0 Å². The molecule has 18 heavy (non-hydrogen) atoms. The van der Waals surface area contributed by atoms with Crippen LogP contribution >= 0.6 is 11.8 Å². The molecule has 0 unspecified atom stereocenters. The van der Waals surface area contributed by atoms with Crippen molar-refractivity contribution in [1.82, 2.24) is 0 Å². The molecule has 0 aliphatic rings. The summed E-state index contributed by atoms with van der Waals surface area (Å²) in [4.78, 5) is 0.114. The third-order valence-electron chi connectivity index (χ3n) is 1.82. The molecule has 0 saturated carbocycles. The van der Waals surface area contributed by atoms with Gasteiger partial charge >= 0.3 is 29.6 Å². The number of benzene rings is 1. The Hall–Kier alpha value is 0.380. The van der Waals surface area contributed by atoms with Crippen LogP contribution in [0.2, 0.25) is 0 Å². The largest absolute Gasteiger partial charge is 1.00 e. The molecule has 0 aliphatic carbocycles. The van der Waals surface area contributed by atoms with Crippen molar-refractivity contribution < 1.29 is 42.7 Å². The molecule has 0 fully saturated rings. The number of halogens is 1. The second-order valence-corrected chi connectivity index (χ2v) is 5.11. The molecule has 0 saturated heterocycles. The van der Waals surface area contributed by atoms with E-state index in [1.807, 2.05) is 20.8 Å². The molecule has 4 nitrogen and oxygen atoms in total. The quantitative estimate of drug-likeness (QED) is 0.750. The Morgan fingerprint density at radius 3 is 1.89 bits per heavy atom. The summed E-state index contributed by atoms with van der Waals surface area (Å²) in [7, 11) is -3.62. The Morgan fingerprint density at radius 2 is 1.61 bits per heavy atom. The summed E-state index contributed by atoms with van der Waals surface area (Å²) in [6.07, 6.45) is 0. The van der Waals surface area contributed by atoms with Gasteiger partial charge in [0.25, 0.3) is 0 Å². The number of hydrogen-bond donors (Lipinski definition) is 0. The summed E-state index contributed by atoms with van der Waals surface area (Å²) in [6, 6.07) is 6.32. The maximum absolute atomic E-state index is 11.0. The van der Waals surface area contributed by atoms with Gasteiger partial charge in [0, 0.05) is 18.1 Å². The van der Waals surface area contributed by atoms with E-state index in [9.17, 15) is 8.42 Å². The number of nitrogens with zero attached hydrogens (tertiary/aromatic N) is 1. The molecule has 0 amide bonds. The van der Waals surface area contributed by atoms with Gasteiger partial charge in [-0.15, -0.1) is 0 Å². The first kappa shape index (κ1) is 20.7. The molecular formula is C11H17ClNNaO3S. The summed E-state index contributed by atoms with van der Waals surface area (Å²) >= 11 is 4.90. The molecule has 1 aromatic rings. The first-order valence-electron chi connectivity index (χ1n) is 5.20. The van der Waals surface area contributed by atoms with E-state index in [0.717, 1.165) is 18.8 Å². The van der Waals surface area contributed by atoms with E-state index >= 15 is 0 Å². The molecule has 7 heteroatoms. The third kappa shape index (κ3) is 8.48. The van der Waals surface area contributed by atoms with Gasteiger partial charge in [-0.3, -0.25) is 11.8 Å². The molecule has 1 rings (SSSR count). The zero-order valence-corrected chi connectivity index (χ0v) is 14.8. The number of hydrogen-bond acceptors (Lipinski definition) is 3. The van der Waals surface area contributed by atoms with E-state index in [0.29, 0.717) is 0 Å². The van der Waals surface area contributed by atoms with E-state index in [1.54, 1.807) is 12.1 Å². The van der Waals surface area contributed by atoms with Crippen LogP contribution in [0.25, 0.3) is 4.24 Å². The van der Waals surface area contributed by atoms with Crippen LogP contribution in [0, 0.1) is 6.92 Å². The fraction of sp³-hybridized carbons (Fsp3) is 0.455. The minimum Gasteiger partial charge on any atom is -0.458 e. The first-order chi connectivity index (χ1) is 7.97. The van der Waals surface area contributed by atoms with Gasteiger partial charge in [-0.25, -0.2) is 8.42 Å². The van der Waals surface area contributed by atoms with Crippen molar-refractivity contribution in [1.29, 1.82) is 0 Å². The van der Waals surface area contributed by atoms with Gasteiger partial charge in [0.05, 0.1) is 0 Å². The predicted octanol–water partition coefficient (Wildman–Crippen LogP) is 0.258. The van der Waals surface area contributed by atoms with Crippen molar-refractivity contribution in [2.75, 3.05) is 13.2 Å². The summed E-state index contributed by atoms with van der Waals surface area (Å²) < 4.78 is 29.6. The molecule has 0 aromatic heterocycles. The molecule has 0 N–H and O–H groups in total. The SMILES string of the molecule is CCOCC.Cc1ccc(S(=O)(=O)[N-]Cl)cc1.[Na+]. The smallest absolute Gasteiger partial charge is 0.458 e. The molecule has 1 aromatic carbocycles. The zero-order chi connectivity index (χ0) is 13.3. The van der Waals surface area contributed by atoms with E-state index in [4.69, 9.17) is 16.5 Å². The van der Waals surface area contributed by atoms with Crippen molar-refractivity contribution in [2.24, 2.45) is 0 Å². The Balaban J connectivity index is 0. The van der Waals surface area contributed by atoms with Gasteiger partial charge < -0.3 is 8.98 Å². The monoisotopic (exact) mass is 301 g/mol. The summed E-state index contributed by atoms with van der Waals surface area (Å²) in [6.45, 7) is 7.54. The van der Waals surface area contributed by atoms with Crippen LogP contribution in [0.5, 0.6) is 0 Å². The van der Waals surface area contributed by atoms with E-state index in [-0.39, 0.29) is 34.5 Å². The summed E-state index contributed by atoms with van der Waals surface area (Å²) in [5.74, 6) is 0. The molecular weight excluding hydrogens is 285 g/mol.